The number of fused-ring (bicyclic) bond motifs is 1. The molecule has 0 unspecified atom stereocenters. The van der Waals surface area contributed by atoms with E-state index in [-0.39, 0.29) is 5.75 Å². The molecule has 1 N–H and O–H groups in total. The number of thiazole rings is 1. The Morgan fingerprint density at radius 2 is 2.28 bits per heavy atom. The van der Waals surface area contributed by atoms with Crippen LogP contribution in [0.4, 0.5) is 0 Å². The van der Waals surface area contributed by atoms with E-state index in [0.717, 1.165) is 16.2 Å². The molecule has 0 spiro atoms. The Bertz CT molecular complexity index is 638. The summed E-state index contributed by atoms with van der Waals surface area (Å²) in [6, 6.07) is 5.18. The molecule has 0 aliphatic heterocycles. The molecule has 0 bridgehead atoms. The van der Waals surface area contributed by atoms with Crippen molar-refractivity contribution >= 4 is 16.3 Å². The zero-order valence-corrected chi connectivity index (χ0v) is 10.6. The average molecular weight is 260 g/mol. The van der Waals surface area contributed by atoms with Crippen molar-refractivity contribution in [2.24, 2.45) is 0 Å². The van der Waals surface area contributed by atoms with Crippen LogP contribution in [0, 0.1) is 6.92 Å². The first-order chi connectivity index (χ1) is 8.70. The van der Waals surface area contributed by atoms with Crippen molar-refractivity contribution in [3.63, 3.8) is 0 Å². The van der Waals surface area contributed by atoms with Crippen LogP contribution < -0.4 is 4.74 Å². The predicted octanol–water partition coefficient (Wildman–Crippen LogP) is 2.99. The molecule has 1 aromatic carbocycles. The van der Waals surface area contributed by atoms with Crippen LogP contribution >= 0.6 is 11.3 Å². The van der Waals surface area contributed by atoms with Crippen molar-refractivity contribution in [1.82, 2.24) is 9.38 Å². The minimum absolute atomic E-state index is 0.218. The fourth-order valence-electron chi connectivity index (χ4n) is 1.81. The number of aromatic hydroxyl groups is 1. The van der Waals surface area contributed by atoms with E-state index in [9.17, 15) is 5.11 Å². The third-order valence-corrected chi connectivity index (χ3v) is 3.34. The van der Waals surface area contributed by atoms with E-state index >= 15 is 0 Å². The first-order valence-electron chi connectivity index (χ1n) is 5.55. The smallest absolute Gasteiger partial charge is 0.193 e. The van der Waals surface area contributed by atoms with Crippen molar-refractivity contribution in [2.45, 2.75) is 13.5 Å². The summed E-state index contributed by atoms with van der Waals surface area (Å²) in [5, 5.41) is 11.5. The Hall–Kier alpha value is -2.01. The van der Waals surface area contributed by atoms with E-state index in [4.69, 9.17) is 4.74 Å². The number of phenolic OH excluding ortho intramolecular Hbond substituents is 1. The van der Waals surface area contributed by atoms with E-state index in [1.807, 2.05) is 35.2 Å². The van der Waals surface area contributed by atoms with Gasteiger partial charge in [-0.1, -0.05) is 0 Å². The van der Waals surface area contributed by atoms with Crippen LogP contribution in [-0.2, 0) is 6.61 Å². The molecule has 0 saturated carbocycles. The fourth-order valence-corrected chi connectivity index (χ4v) is 2.53. The highest BCUT2D eigenvalue weighted by Gasteiger charge is 2.04. The van der Waals surface area contributed by atoms with Gasteiger partial charge in [0, 0.05) is 23.8 Å². The molecule has 3 rings (SSSR count). The zero-order valence-electron chi connectivity index (χ0n) is 9.83. The molecular formula is C13H12N2O2S. The van der Waals surface area contributed by atoms with Crippen LogP contribution in [0.25, 0.3) is 4.96 Å². The van der Waals surface area contributed by atoms with E-state index in [2.05, 4.69) is 4.98 Å². The number of imidazole rings is 1. The molecule has 0 atom stereocenters. The van der Waals surface area contributed by atoms with Crippen molar-refractivity contribution in [2.75, 3.05) is 0 Å². The number of aromatic nitrogens is 2. The lowest BCUT2D eigenvalue weighted by Gasteiger charge is -2.05. The summed E-state index contributed by atoms with van der Waals surface area (Å²) in [4.78, 5) is 5.39. The van der Waals surface area contributed by atoms with E-state index in [1.165, 1.54) is 0 Å². The number of phenols is 1. The maximum absolute atomic E-state index is 9.47. The molecule has 2 heterocycles. The molecule has 0 radical (unpaired) electrons. The molecule has 92 valence electrons. The van der Waals surface area contributed by atoms with Crippen LogP contribution in [0.1, 0.15) is 11.3 Å². The molecule has 0 aliphatic carbocycles. The molecule has 18 heavy (non-hydrogen) atoms. The number of hydrogen-bond donors (Lipinski definition) is 1. The van der Waals surface area contributed by atoms with Gasteiger partial charge in [-0.2, -0.15) is 0 Å². The lowest BCUT2D eigenvalue weighted by Crippen LogP contribution is -1.95. The van der Waals surface area contributed by atoms with Gasteiger partial charge < -0.3 is 9.84 Å². The second-order valence-corrected chi connectivity index (χ2v) is 4.99. The Kier molecular flexibility index (Phi) is 2.68. The molecule has 0 saturated heterocycles. The Morgan fingerprint density at radius 1 is 1.39 bits per heavy atom. The Labute approximate surface area is 108 Å². The summed E-state index contributed by atoms with van der Waals surface area (Å²) in [5.74, 6) is 0.875. The van der Waals surface area contributed by atoms with E-state index < -0.39 is 0 Å². The Balaban J connectivity index is 1.75. The SMILES string of the molecule is Cc1cc(O)cc(OCc2cn3ccsc3n2)c1. The van der Waals surface area contributed by atoms with Gasteiger partial charge in [0.2, 0.25) is 0 Å². The third-order valence-electron chi connectivity index (χ3n) is 2.57. The van der Waals surface area contributed by atoms with E-state index in [1.54, 1.807) is 23.5 Å². The molecule has 0 amide bonds. The summed E-state index contributed by atoms with van der Waals surface area (Å²) in [6.07, 6.45) is 3.91. The molecule has 3 aromatic rings. The van der Waals surface area contributed by atoms with Gasteiger partial charge in [0.15, 0.2) is 4.96 Å². The van der Waals surface area contributed by atoms with Crippen molar-refractivity contribution < 1.29 is 9.84 Å². The predicted molar refractivity (Wildman–Crippen MR) is 70.2 cm³/mol. The van der Waals surface area contributed by atoms with Crippen LogP contribution in [0.2, 0.25) is 0 Å². The summed E-state index contributed by atoms with van der Waals surface area (Å²) >= 11 is 1.59. The second kappa shape index (κ2) is 4.34. The van der Waals surface area contributed by atoms with Crippen LogP contribution in [0.15, 0.2) is 36.0 Å². The average Bonchev–Trinajstić information content (AvgIpc) is 2.84. The number of hydrogen-bond acceptors (Lipinski definition) is 4. The number of benzene rings is 1. The zero-order chi connectivity index (χ0) is 12.5. The minimum Gasteiger partial charge on any atom is -0.508 e. The fraction of sp³-hybridized carbons (Fsp3) is 0.154. The first-order valence-corrected chi connectivity index (χ1v) is 6.43. The quantitative estimate of drug-likeness (QED) is 0.787. The highest BCUT2D eigenvalue weighted by Crippen LogP contribution is 2.22. The first kappa shape index (κ1) is 11.1. The summed E-state index contributed by atoms with van der Waals surface area (Å²) in [7, 11) is 0. The maximum atomic E-state index is 9.47. The Morgan fingerprint density at radius 3 is 3.06 bits per heavy atom. The highest BCUT2D eigenvalue weighted by molar-refractivity contribution is 7.15. The van der Waals surface area contributed by atoms with Gasteiger partial charge in [0.05, 0.1) is 5.69 Å². The number of aryl methyl sites for hydroxylation is 1. The number of ether oxygens (including phenoxy) is 1. The summed E-state index contributed by atoms with van der Waals surface area (Å²) < 4.78 is 7.59. The summed E-state index contributed by atoms with van der Waals surface area (Å²) in [5.41, 5.74) is 1.85. The lowest BCUT2D eigenvalue weighted by atomic mass is 10.2. The molecular weight excluding hydrogens is 248 g/mol. The number of nitrogens with zero attached hydrogens (tertiary/aromatic N) is 2. The molecule has 0 aliphatic rings. The largest absolute Gasteiger partial charge is 0.508 e. The van der Waals surface area contributed by atoms with Gasteiger partial charge in [-0.25, -0.2) is 4.98 Å². The van der Waals surface area contributed by atoms with Gasteiger partial charge in [0.1, 0.15) is 18.1 Å². The summed E-state index contributed by atoms with van der Waals surface area (Å²) in [6.45, 7) is 2.32. The third kappa shape index (κ3) is 2.17. The van der Waals surface area contributed by atoms with E-state index in [0.29, 0.717) is 12.4 Å². The molecule has 5 heteroatoms. The number of rotatable bonds is 3. The molecule has 0 fully saturated rings. The van der Waals surface area contributed by atoms with Crippen LogP contribution in [0.5, 0.6) is 11.5 Å². The van der Waals surface area contributed by atoms with Crippen molar-refractivity contribution in [3.05, 3.63) is 47.2 Å². The van der Waals surface area contributed by atoms with Gasteiger partial charge in [-0.05, 0) is 24.6 Å². The van der Waals surface area contributed by atoms with Gasteiger partial charge in [0.25, 0.3) is 0 Å². The molecule has 4 nitrogen and oxygen atoms in total. The highest BCUT2D eigenvalue weighted by atomic mass is 32.1. The van der Waals surface area contributed by atoms with Crippen molar-refractivity contribution in [3.8, 4) is 11.5 Å². The lowest BCUT2D eigenvalue weighted by molar-refractivity contribution is 0.300. The van der Waals surface area contributed by atoms with Crippen molar-refractivity contribution in [1.29, 1.82) is 0 Å². The normalized spacial score (nSPS) is 10.9. The maximum Gasteiger partial charge on any atom is 0.193 e. The minimum atomic E-state index is 0.218. The monoisotopic (exact) mass is 260 g/mol. The second-order valence-electron chi connectivity index (χ2n) is 4.12. The standard InChI is InChI=1S/C13H12N2O2S/c1-9-4-11(16)6-12(5-9)17-8-10-7-15-2-3-18-13(15)14-10/h2-7,16H,8H2,1H3. The van der Waals surface area contributed by atoms with Gasteiger partial charge >= 0.3 is 0 Å². The molecule has 2 aromatic heterocycles. The van der Waals surface area contributed by atoms with Crippen LogP contribution in [0.3, 0.4) is 0 Å². The van der Waals surface area contributed by atoms with Gasteiger partial charge in [-0.15, -0.1) is 11.3 Å². The topological polar surface area (TPSA) is 46.8 Å². The van der Waals surface area contributed by atoms with Gasteiger partial charge in [-0.3, -0.25) is 4.40 Å². The van der Waals surface area contributed by atoms with Crippen LogP contribution in [-0.4, -0.2) is 14.5 Å².